The molecule has 4 N–H and O–H groups in total. The van der Waals surface area contributed by atoms with Gasteiger partial charge in [-0.15, -0.1) is 22.0 Å². The summed E-state index contributed by atoms with van der Waals surface area (Å²) in [6, 6.07) is 7.65. The molecule has 4 amide bonds. The summed E-state index contributed by atoms with van der Waals surface area (Å²) >= 11 is 4.51. The van der Waals surface area contributed by atoms with Gasteiger partial charge in [-0.2, -0.15) is 0 Å². The van der Waals surface area contributed by atoms with Gasteiger partial charge in [0.25, 0.3) is 0 Å². The lowest BCUT2D eigenvalue weighted by Gasteiger charge is -2.45. The molecular formula is C45H59BrN10O18S. The molecule has 75 heavy (non-hydrogen) atoms. The van der Waals surface area contributed by atoms with Crippen molar-refractivity contribution in [2.75, 3.05) is 24.3 Å². The van der Waals surface area contributed by atoms with E-state index in [1.165, 1.54) is 61.2 Å². The van der Waals surface area contributed by atoms with E-state index in [2.05, 4.69) is 57.8 Å². The number of benzene rings is 1. The number of nitrogens with one attached hydrogen (secondary N) is 4. The standard InChI is InChI=1S/C26H33N5O9S.C19H26BrN5O9/c1-15(32)28-23-25(39-18(4)35)24(38-17(3)34)21(12-37-16(2)33)40-26(23)31-11-20(29-30-31)10-27-22(36)14-41-13-19-8-6-5-7-9-19;1-9(26)22-16-18(33-12(4)29)17(32-11(3)28)14(8-31-10(2)27)34-19(16)25-7-13(23-24-25)6-21-15(30)5-20/h5-9,11,21,23-26H,10,12-14H2,1-4H3,(H,27,36)(H,28,32);7,14,16-19H,5-6,8H2,1-4H3,(H,21,30)(H,22,26)/t21?,23?,24-,25-,26-;14?,16?,17-,18-,19-/m11/s1. The molecule has 410 valence electrons. The van der Waals surface area contributed by atoms with E-state index in [1.807, 2.05) is 30.3 Å². The first-order valence-electron chi connectivity index (χ1n) is 22.9. The molecule has 2 fully saturated rings. The molecule has 2 aromatic heterocycles. The predicted octanol–water partition coefficient (Wildman–Crippen LogP) is -0.226. The number of hydrogen-bond donors (Lipinski definition) is 4. The Labute approximate surface area is 442 Å². The van der Waals surface area contributed by atoms with Crippen LogP contribution in [0.5, 0.6) is 0 Å². The summed E-state index contributed by atoms with van der Waals surface area (Å²) < 4.78 is 46.5. The third-order valence-corrected chi connectivity index (χ3v) is 11.7. The Morgan fingerprint density at radius 2 is 0.973 bits per heavy atom. The van der Waals surface area contributed by atoms with E-state index in [9.17, 15) is 47.9 Å². The van der Waals surface area contributed by atoms with Gasteiger partial charge < -0.3 is 59.2 Å². The molecular weight excluding hydrogens is 1080 g/mol. The van der Waals surface area contributed by atoms with E-state index in [-0.39, 0.29) is 49.2 Å². The van der Waals surface area contributed by atoms with Crippen LogP contribution >= 0.6 is 27.7 Å². The van der Waals surface area contributed by atoms with Gasteiger partial charge in [0.2, 0.25) is 23.6 Å². The van der Waals surface area contributed by atoms with Crippen molar-refractivity contribution in [3.8, 4) is 0 Å². The Morgan fingerprint density at radius 3 is 1.35 bits per heavy atom. The number of rotatable bonds is 21. The monoisotopic (exact) mass is 1140 g/mol. The molecule has 1 aromatic carbocycles. The molecule has 2 aliphatic rings. The molecule has 28 nitrogen and oxygen atoms in total. The van der Waals surface area contributed by atoms with Gasteiger partial charge in [-0.3, -0.25) is 47.9 Å². The van der Waals surface area contributed by atoms with Gasteiger partial charge in [-0.25, -0.2) is 9.36 Å². The van der Waals surface area contributed by atoms with Gasteiger partial charge in [0.05, 0.1) is 36.6 Å². The Bertz CT molecular complexity index is 2480. The zero-order valence-corrected chi connectivity index (χ0v) is 44.5. The third-order valence-electron chi connectivity index (χ3n) is 10.2. The number of thioether (sulfide) groups is 1. The minimum atomic E-state index is -1.23. The van der Waals surface area contributed by atoms with Crippen LogP contribution in [0.1, 0.15) is 84.8 Å². The summed E-state index contributed by atoms with van der Waals surface area (Å²) in [6.07, 6.45) is -6.30. The highest BCUT2D eigenvalue weighted by molar-refractivity contribution is 9.09. The topological polar surface area (TPSA) is 354 Å². The molecule has 3 aromatic rings. The van der Waals surface area contributed by atoms with Crippen molar-refractivity contribution in [3.05, 3.63) is 59.7 Å². The van der Waals surface area contributed by atoms with Gasteiger partial charge >= 0.3 is 35.8 Å². The molecule has 0 radical (unpaired) electrons. The predicted molar refractivity (Wildman–Crippen MR) is 259 cm³/mol. The van der Waals surface area contributed by atoms with Crippen LogP contribution in [0.25, 0.3) is 0 Å². The first-order valence-corrected chi connectivity index (χ1v) is 25.2. The molecule has 0 bridgehead atoms. The lowest BCUT2D eigenvalue weighted by molar-refractivity contribution is -0.239. The number of hydrogen-bond acceptors (Lipinski definition) is 23. The zero-order chi connectivity index (χ0) is 55.4. The highest BCUT2D eigenvalue weighted by atomic mass is 79.9. The first kappa shape index (κ1) is 60.5. The van der Waals surface area contributed by atoms with Crippen molar-refractivity contribution in [3.63, 3.8) is 0 Å². The minimum Gasteiger partial charge on any atom is -0.463 e. The molecule has 2 aliphatic heterocycles. The summed E-state index contributed by atoms with van der Waals surface area (Å²) in [5, 5.41) is 27.0. The largest absolute Gasteiger partial charge is 0.463 e. The second kappa shape index (κ2) is 29.7. The van der Waals surface area contributed by atoms with Crippen LogP contribution in [0.15, 0.2) is 42.7 Å². The SMILES string of the molecule is CC(=O)NC1[C@@H](OC(C)=O)[C@H](OC(C)=O)C(COC(C)=O)O[C@H]1n1cc(CNC(=O)CBr)nn1.CC(=O)NC1[C@@H](OC(C)=O)[C@H](OC(C)=O)C(COC(C)=O)O[C@H]1n1cc(CNC(=O)CSCc2ccccc2)nn1. The second-order valence-corrected chi connectivity index (χ2v) is 18.1. The number of carbonyl (C=O) groups is 10. The smallest absolute Gasteiger partial charge is 0.303 e. The summed E-state index contributed by atoms with van der Waals surface area (Å²) in [6.45, 7) is 8.98. The first-order chi connectivity index (χ1) is 35.5. The maximum atomic E-state index is 12.3. The van der Waals surface area contributed by atoms with Crippen molar-refractivity contribution in [1.82, 2.24) is 51.3 Å². The summed E-state index contributed by atoms with van der Waals surface area (Å²) in [5.74, 6) is -4.52. The molecule has 30 heteroatoms. The van der Waals surface area contributed by atoms with Crippen LogP contribution in [-0.2, 0) is 105 Å². The number of nitrogens with zero attached hydrogens (tertiary/aromatic N) is 6. The molecule has 0 spiro atoms. The Hall–Kier alpha value is -7.05. The number of carbonyl (C=O) groups excluding carboxylic acids is 10. The van der Waals surface area contributed by atoms with Crippen LogP contribution in [-0.4, -0.2) is 162 Å². The quantitative estimate of drug-likeness (QED) is 0.0608. The van der Waals surface area contributed by atoms with Crippen molar-refractivity contribution in [1.29, 1.82) is 0 Å². The Balaban J connectivity index is 0.000000330. The average molecular weight is 1140 g/mol. The highest BCUT2D eigenvalue weighted by Gasteiger charge is 2.53. The molecule has 4 unspecified atom stereocenters. The number of amides is 4. The number of alkyl halides is 1. The average Bonchev–Trinajstić information content (AvgIpc) is 4.01. The molecule has 10 atom stereocenters. The van der Waals surface area contributed by atoms with Crippen molar-refractivity contribution in [2.45, 2.75) is 135 Å². The van der Waals surface area contributed by atoms with Gasteiger partial charge in [-0.05, 0) is 5.56 Å². The van der Waals surface area contributed by atoms with Crippen molar-refractivity contribution in [2.24, 2.45) is 0 Å². The third kappa shape index (κ3) is 20.0. The van der Waals surface area contributed by atoms with E-state index < -0.39 is 109 Å². The second-order valence-electron chi connectivity index (χ2n) is 16.5. The highest BCUT2D eigenvalue weighted by Crippen LogP contribution is 2.34. The van der Waals surface area contributed by atoms with Crippen LogP contribution in [0, 0.1) is 0 Å². The van der Waals surface area contributed by atoms with E-state index in [1.54, 1.807) is 0 Å². The van der Waals surface area contributed by atoms with Gasteiger partial charge in [0.1, 0.15) is 48.9 Å². The number of halogens is 1. The van der Waals surface area contributed by atoms with Crippen LogP contribution in [0.4, 0.5) is 0 Å². The summed E-state index contributed by atoms with van der Waals surface area (Å²) in [7, 11) is 0. The Morgan fingerprint density at radius 1 is 0.573 bits per heavy atom. The fourth-order valence-electron chi connectivity index (χ4n) is 7.42. The number of esters is 6. The van der Waals surface area contributed by atoms with Crippen LogP contribution < -0.4 is 21.3 Å². The molecule has 5 rings (SSSR count). The fourth-order valence-corrected chi connectivity index (χ4v) is 8.43. The van der Waals surface area contributed by atoms with E-state index in [0.29, 0.717) is 17.1 Å². The van der Waals surface area contributed by atoms with Gasteiger partial charge in [-0.1, -0.05) is 56.7 Å². The van der Waals surface area contributed by atoms with Gasteiger partial charge in [0.15, 0.2) is 36.9 Å². The van der Waals surface area contributed by atoms with E-state index in [0.717, 1.165) is 33.3 Å². The van der Waals surface area contributed by atoms with Crippen molar-refractivity contribution < 1.29 is 85.8 Å². The minimum absolute atomic E-state index is 0.0717. The fraction of sp³-hybridized carbons (Fsp3) is 0.556. The van der Waals surface area contributed by atoms with Crippen LogP contribution in [0.3, 0.4) is 0 Å². The van der Waals surface area contributed by atoms with Crippen LogP contribution in [0.2, 0.25) is 0 Å². The molecule has 0 saturated carbocycles. The normalized spacial score (nSPS) is 22.8. The molecule has 2 saturated heterocycles. The summed E-state index contributed by atoms with van der Waals surface area (Å²) in [4.78, 5) is 118. The maximum Gasteiger partial charge on any atom is 0.303 e. The van der Waals surface area contributed by atoms with Crippen molar-refractivity contribution >= 4 is 87.1 Å². The van der Waals surface area contributed by atoms with Gasteiger partial charge in [0, 0.05) is 61.1 Å². The maximum absolute atomic E-state index is 12.3. The summed E-state index contributed by atoms with van der Waals surface area (Å²) in [5.41, 5.74) is 1.88. The zero-order valence-electron chi connectivity index (χ0n) is 42.1. The lowest BCUT2D eigenvalue weighted by Crippen LogP contribution is -2.64. The van der Waals surface area contributed by atoms with E-state index >= 15 is 0 Å². The molecule has 0 aliphatic carbocycles. The van der Waals surface area contributed by atoms with E-state index in [4.69, 9.17) is 37.9 Å². The Kier molecular flexibility index (Phi) is 24.0. The molecule has 4 heterocycles. The number of ether oxygens (including phenoxy) is 8. The lowest BCUT2D eigenvalue weighted by atomic mass is 9.95. The number of aromatic nitrogens is 6.